The highest BCUT2D eigenvalue weighted by molar-refractivity contribution is 5.69. The lowest BCUT2D eigenvalue weighted by molar-refractivity contribution is -0.150. The van der Waals surface area contributed by atoms with Crippen LogP contribution in [-0.4, -0.2) is 31.6 Å². The van der Waals surface area contributed by atoms with Crippen LogP contribution >= 0.6 is 0 Å². The van der Waals surface area contributed by atoms with Gasteiger partial charge in [0, 0.05) is 13.0 Å². The van der Waals surface area contributed by atoms with Crippen LogP contribution in [0.25, 0.3) is 0 Å². The Labute approximate surface area is 239 Å². The molecule has 0 unspecified atom stereocenters. The van der Waals surface area contributed by atoms with Crippen molar-refractivity contribution in [1.82, 2.24) is 0 Å². The lowest BCUT2D eigenvalue weighted by Gasteiger charge is -2.58. The second kappa shape index (κ2) is 13.0. The SMILES string of the molecule is CCOCO[C@H]1CC[C@@]2(C)C(=CC[C@H]3[C@@H]4CC[C@H]([C@H](C)CCC(=O)OC5CCCCCCC5)[C@@]4(C)CC[C@@H]32)C1. The van der Waals surface area contributed by atoms with Gasteiger partial charge < -0.3 is 14.2 Å². The number of hydrogen-bond donors (Lipinski definition) is 0. The van der Waals surface area contributed by atoms with Crippen LogP contribution in [0.5, 0.6) is 0 Å². The molecule has 4 heteroatoms. The number of allylic oxidation sites excluding steroid dienone is 1. The summed E-state index contributed by atoms with van der Waals surface area (Å²) >= 11 is 0. The van der Waals surface area contributed by atoms with Gasteiger partial charge in [0.25, 0.3) is 0 Å². The number of rotatable bonds is 9. The zero-order valence-electron chi connectivity index (χ0n) is 25.7. The Balaban J connectivity index is 1.16. The molecule has 4 fully saturated rings. The number of esters is 1. The summed E-state index contributed by atoms with van der Waals surface area (Å²) in [6.07, 6.45) is 23.6. The van der Waals surface area contributed by atoms with Gasteiger partial charge in [-0.05, 0) is 131 Å². The third-order valence-electron chi connectivity index (χ3n) is 12.6. The summed E-state index contributed by atoms with van der Waals surface area (Å²) in [6.45, 7) is 10.9. The predicted octanol–water partition coefficient (Wildman–Crippen LogP) is 9.02. The molecule has 0 aromatic rings. The van der Waals surface area contributed by atoms with Crippen LogP contribution in [0.2, 0.25) is 0 Å². The van der Waals surface area contributed by atoms with E-state index < -0.39 is 0 Å². The Morgan fingerprint density at radius 1 is 0.949 bits per heavy atom. The lowest BCUT2D eigenvalue weighted by Crippen LogP contribution is -2.51. The molecule has 0 amide bonds. The molecular formula is C35H58O4. The highest BCUT2D eigenvalue weighted by atomic mass is 16.7. The molecule has 8 atom stereocenters. The fourth-order valence-corrected chi connectivity index (χ4v) is 10.3. The smallest absolute Gasteiger partial charge is 0.306 e. The number of ether oxygens (including phenoxy) is 3. The minimum atomic E-state index is 0.0644. The average Bonchev–Trinajstić information content (AvgIpc) is 3.26. The minimum Gasteiger partial charge on any atom is -0.462 e. The largest absolute Gasteiger partial charge is 0.462 e. The number of carbonyl (C=O) groups excluding carboxylic acids is 1. The van der Waals surface area contributed by atoms with Gasteiger partial charge in [-0.2, -0.15) is 0 Å². The second-order valence-electron chi connectivity index (χ2n) is 14.6. The molecule has 0 saturated heterocycles. The molecular weight excluding hydrogens is 484 g/mol. The summed E-state index contributed by atoms with van der Waals surface area (Å²) in [6, 6.07) is 0. The predicted molar refractivity (Wildman–Crippen MR) is 157 cm³/mol. The number of carbonyl (C=O) groups is 1. The van der Waals surface area contributed by atoms with Gasteiger partial charge in [-0.25, -0.2) is 0 Å². The molecule has 0 spiro atoms. The first-order chi connectivity index (χ1) is 18.8. The van der Waals surface area contributed by atoms with E-state index in [0.717, 1.165) is 56.0 Å². The van der Waals surface area contributed by atoms with Crippen LogP contribution in [-0.2, 0) is 19.0 Å². The van der Waals surface area contributed by atoms with Gasteiger partial charge in [0.05, 0.1) is 6.10 Å². The zero-order chi connectivity index (χ0) is 27.5. The summed E-state index contributed by atoms with van der Waals surface area (Å²) in [5.41, 5.74) is 2.48. The maximum absolute atomic E-state index is 12.8. The Bertz CT molecular complexity index is 844. The maximum Gasteiger partial charge on any atom is 0.306 e. The van der Waals surface area contributed by atoms with Gasteiger partial charge in [-0.1, -0.05) is 51.7 Å². The molecule has 0 aromatic carbocycles. The van der Waals surface area contributed by atoms with Crippen molar-refractivity contribution in [3.05, 3.63) is 11.6 Å². The lowest BCUT2D eigenvalue weighted by atomic mass is 9.47. The monoisotopic (exact) mass is 542 g/mol. The Kier molecular flexibility index (Phi) is 9.85. The van der Waals surface area contributed by atoms with Gasteiger partial charge in [0.15, 0.2) is 0 Å². The molecule has 39 heavy (non-hydrogen) atoms. The summed E-state index contributed by atoms with van der Waals surface area (Å²) in [4.78, 5) is 12.8. The van der Waals surface area contributed by atoms with Crippen molar-refractivity contribution in [2.75, 3.05) is 13.4 Å². The molecule has 0 bridgehead atoms. The molecule has 0 radical (unpaired) electrons. The number of fused-ring (bicyclic) bond motifs is 5. The molecule has 4 nitrogen and oxygen atoms in total. The Hall–Kier alpha value is -0.870. The van der Waals surface area contributed by atoms with Crippen molar-refractivity contribution in [2.24, 2.45) is 40.4 Å². The third-order valence-corrected chi connectivity index (χ3v) is 12.6. The minimum absolute atomic E-state index is 0.0644. The van der Waals surface area contributed by atoms with Crippen molar-refractivity contribution in [2.45, 2.75) is 149 Å². The highest BCUT2D eigenvalue weighted by Gasteiger charge is 2.59. The van der Waals surface area contributed by atoms with Crippen molar-refractivity contribution >= 4 is 5.97 Å². The normalized spacial score (nSPS) is 39.9. The van der Waals surface area contributed by atoms with E-state index in [4.69, 9.17) is 14.2 Å². The molecule has 222 valence electrons. The topological polar surface area (TPSA) is 44.8 Å². The fourth-order valence-electron chi connectivity index (χ4n) is 10.3. The van der Waals surface area contributed by atoms with Gasteiger partial charge >= 0.3 is 5.97 Å². The van der Waals surface area contributed by atoms with Crippen LogP contribution in [0.3, 0.4) is 0 Å². The molecule has 0 aliphatic heterocycles. The van der Waals surface area contributed by atoms with Crippen LogP contribution in [0, 0.1) is 40.4 Å². The van der Waals surface area contributed by atoms with Gasteiger partial charge in [-0.15, -0.1) is 0 Å². The van der Waals surface area contributed by atoms with E-state index in [1.807, 2.05) is 6.92 Å². The van der Waals surface area contributed by atoms with E-state index in [1.165, 1.54) is 77.0 Å². The maximum atomic E-state index is 12.8. The molecule has 0 N–H and O–H groups in total. The Morgan fingerprint density at radius 2 is 1.72 bits per heavy atom. The van der Waals surface area contributed by atoms with Crippen molar-refractivity contribution in [3.63, 3.8) is 0 Å². The highest BCUT2D eigenvalue weighted by Crippen LogP contribution is 2.67. The van der Waals surface area contributed by atoms with Gasteiger partial charge in [0.1, 0.15) is 12.9 Å². The van der Waals surface area contributed by atoms with Gasteiger partial charge in [0.2, 0.25) is 0 Å². The second-order valence-corrected chi connectivity index (χ2v) is 14.6. The zero-order valence-corrected chi connectivity index (χ0v) is 25.7. The number of hydrogen-bond acceptors (Lipinski definition) is 4. The quantitative estimate of drug-likeness (QED) is 0.126. The Morgan fingerprint density at radius 3 is 2.49 bits per heavy atom. The molecule has 0 aromatic heterocycles. The van der Waals surface area contributed by atoms with Gasteiger partial charge in [-0.3, -0.25) is 4.79 Å². The summed E-state index contributed by atoms with van der Waals surface area (Å²) in [5, 5.41) is 0. The van der Waals surface area contributed by atoms with E-state index in [2.05, 4.69) is 26.8 Å². The average molecular weight is 543 g/mol. The van der Waals surface area contributed by atoms with E-state index >= 15 is 0 Å². The first-order valence-corrected chi connectivity index (χ1v) is 16.9. The van der Waals surface area contributed by atoms with Crippen molar-refractivity contribution < 1.29 is 19.0 Å². The fraction of sp³-hybridized carbons (Fsp3) is 0.914. The van der Waals surface area contributed by atoms with E-state index in [-0.39, 0.29) is 12.1 Å². The first kappa shape index (κ1) is 29.6. The van der Waals surface area contributed by atoms with Crippen LogP contribution in [0.4, 0.5) is 0 Å². The first-order valence-electron chi connectivity index (χ1n) is 16.9. The standard InChI is InChI=1S/C35H58O4/c1-5-37-24-38-28-19-21-34(3)26(23-28)14-15-29-31-17-16-30(35(31,4)22-20-32(29)34)25(2)13-18-33(36)39-27-11-9-7-6-8-10-12-27/h14,25,27-32H,5-13,15-24H2,1-4H3/t25-,28+,29+,30-,31+,32+,34+,35-/m1/s1. The molecule has 0 heterocycles. The third kappa shape index (κ3) is 6.32. The summed E-state index contributed by atoms with van der Waals surface area (Å²) < 4.78 is 17.5. The van der Waals surface area contributed by atoms with E-state index in [0.29, 0.717) is 36.1 Å². The van der Waals surface area contributed by atoms with Crippen LogP contribution in [0.1, 0.15) is 137 Å². The molecule has 5 rings (SSSR count). The molecule has 5 aliphatic rings. The van der Waals surface area contributed by atoms with E-state index in [9.17, 15) is 4.79 Å². The van der Waals surface area contributed by atoms with Crippen molar-refractivity contribution in [3.8, 4) is 0 Å². The van der Waals surface area contributed by atoms with Crippen molar-refractivity contribution in [1.29, 1.82) is 0 Å². The molecule has 5 aliphatic carbocycles. The summed E-state index contributed by atoms with van der Waals surface area (Å²) in [5.74, 6) is 3.92. The van der Waals surface area contributed by atoms with E-state index in [1.54, 1.807) is 5.57 Å². The van der Waals surface area contributed by atoms with Crippen LogP contribution in [0.15, 0.2) is 11.6 Å². The molecule has 4 saturated carbocycles. The van der Waals surface area contributed by atoms with Crippen LogP contribution < -0.4 is 0 Å². The summed E-state index contributed by atoms with van der Waals surface area (Å²) in [7, 11) is 0.